The highest BCUT2D eigenvalue weighted by atomic mass is 16.5. The van der Waals surface area contributed by atoms with Crippen LogP contribution in [0.3, 0.4) is 0 Å². The second-order valence-electron chi connectivity index (χ2n) is 2.42. The summed E-state index contributed by atoms with van der Waals surface area (Å²) >= 11 is 0. The molecule has 0 aromatic carbocycles. The van der Waals surface area contributed by atoms with E-state index in [4.69, 9.17) is 4.74 Å². The maximum absolute atomic E-state index is 11.5. The second kappa shape index (κ2) is 4.40. The van der Waals surface area contributed by atoms with Crippen molar-refractivity contribution in [2.24, 2.45) is 0 Å². The molecule has 1 aromatic heterocycles. The lowest BCUT2D eigenvalue weighted by Gasteiger charge is -2.04. The van der Waals surface area contributed by atoms with Gasteiger partial charge in [-0.3, -0.25) is 9.78 Å². The highest BCUT2D eigenvalue weighted by molar-refractivity contribution is 6.06. The Labute approximate surface area is 77.1 Å². The fourth-order valence-corrected chi connectivity index (χ4v) is 0.904. The Kier molecular flexibility index (Phi) is 3.20. The van der Waals surface area contributed by atoms with Gasteiger partial charge >= 0.3 is 0 Å². The van der Waals surface area contributed by atoms with E-state index < -0.39 is 0 Å². The second-order valence-corrected chi connectivity index (χ2v) is 2.42. The predicted octanol–water partition coefficient (Wildman–Crippen LogP) is 1.81. The molecule has 0 atom stereocenters. The number of aromatic nitrogens is 1. The van der Waals surface area contributed by atoms with E-state index in [1.807, 2.05) is 6.92 Å². The maximum atomic E-state index is 11.5. The zero-order chi connectivity index (χ0) is 9.68. The Morgan fingerprint density at radius 3 is 2.69 bits per heavy atom. The Hall–Kier alpha value is -1.64. The molecule has 0 aliphatic carbocycles. The van der Waals surface area contributed by atoms with Crippen molar-refractivity contribution < 1.29 is 9.53 Å². The first-order valence-corrected chi connectivity index (χ1v) is 4.02. The number of carbonyl (C=O) groups excluding carboxylic acids is 1. The van der Waals surface area contributed by atoms with Gasteiger partial charge in [-0.25, -0.2) is 0 Å². The SMILES string of the molecule is C=C(OCC)C(=O)c1ccncc1. The molecule has 68 valence electrons. The van der Waals surface area contributed by atoms with Crippen molar-refractivity contribution in [3.8, 4) is 0 Å². The molecule has 0 saturated carbocycles. The van der Waals surface area contributed by atoms with Gasteiger partial charge in [-0.2, -0.15) is 0 Å². The van der Waals surface area contributed by atoms with E-state index in [9.17, 15) is 4.79 Å². The first kappa shape index (κ1) is 9.45. The zero-order valence-corrected chi connectivity index (χ0v) is 7.49. The number of rotatable bonds is 4. The molecular weight excluding hydrogens is 166 g/mol. The highest BCUT2D eigenvalue weighted by Crippen LogP contribution is 2.06. The normalized spacial score (nSPS) is 9.31. The minimum absolute atomic E-state index is 0.175. The Balaban J connectivity index is 2.74. The summed E-state index contributed by atoms with van der Waals surface area (Å²) in [7, 11) is 0. The lowest BCUT2D eigenvalue weighted by molar-refractivity contribution is 0.0929. The first-order chi connectivity index (χ1) is 6.25. The highest BCUT2D eigenvalue weighted by Gasteiger charge is 2.09. The number of hydrogen-bond acceptors (Lipinski definition) is 3. The van der Waals surface area contributed by atoms with Gasteiger partial charge in [0.2, 0.25) is 5.78 Å². The molecule has 0 radical (unpaired) electrons. The van der Waals surface area contributed by atoms with Crippen LogP contribution in [0.2, 0.25) is 0 Å². The topological polar surface area (TPSA) is 39.2 Å². The van der Waals surface area contributed by atoms with Crippen molar-refractivity contribution in [2.45, 2.75) is 6.92 Å². The van der Waals surface area contributed by atoms with Crippen molar-refractivity contribution in [1.29, 1.82) is 0 Å². The van der Waals surface area contributed by atoms with E-state index in [1.54, 1.807) is 24.5 Å². The standard InChI is InChI=1S/C10H11NO2/c1-3-13-8(2)10(12)9-4-6-11-7-5-9/h4-7H,2-3H2,1H3. The molecule has 0 aliphatic heterocycles. The minimum Gasteiger partial charge on any atom is -0.490 e. The molecule has 1 rings (SSSR count). The van der Waals surface area contributed by atoms with Gasteiger partial charge in [0.1, 0.15) is 0 Å². The van der Waals surface area contributed by atoms with Gasteiger partial charge in [0.25, 0.3) is 0 Å². The largest absolute Gasteiger partial charge is 0.490 e. The molecule has 0 spiro atoms. The molecule has 0 unspecified atom stereocenters. The fraction of sp³-hybridized carbons (Fsp3) is 0.200. The van der Waals surface area contributed by atoms with Crippen molar-refractivity contribution in [3.63, 3.8) is 0 Å². The Morgan fingerprint density at radius 2 is 2.15 bits per heavy atom. The van der Waals surface area contributed by atoms with Crippen LogP contribution in [-0.2, 0) is 4.74 Å². The van der Waals surface area contributed by atoms with E-state index in [0.29, 0.717) is 12.2 Å². The van der Waals surface area contributed by atoms with E-state index in [1.165, 1.54) is 0 Å². The predicted molar refractivity (Wildman–Crippen MR) is 49.3 cm³/mol. The molecule has 0 fully saturated rings. The van der Waals surface area contributed by atoms with Gasteiger partial charge in [-0.15, -0.1) is 0 Å². The molecule has 1 heterocycles. The number of carbonyl (C=O) groups is 1. The smallest absolute Gasteiger partial charge is 0.227 e. The third kappa shape index (κ3) is 2.40. The summed E-state index contributed by atoms with van der Waals surface area (Å²) in [6.07, 6.45) is 3.12. The van der Waals surface area contributed by atoms with Crippen LogP contribution in [0.1, 0.15) is 17.3 Å². The molecule has 3 nitrogen and oxygen atoms in total. The summed E-state index contributed by atoms with van der Waals surface area (Å²) in [5.41, 5.74) is 0.549. The summed E-state index contributed by atoms with van der Waals surface area (Å²) < 4.78 is 4.99. The monoisotopic (exact) mass is 177 g/mol. The van der Waals surface area contributed by atoms with Crippen LogP contribution in [0.15, 0.2) is 36.9 Å². The number of ether oxygens (including phenoxy) is 1. The van der Waals surface area contributed by atoms with Crippen LogP contribution in [-0.4, -0.2) is 17.4 Å². The Bertz CT molecular complexity index is 306. The number of allylic oxidation sites excluding steroid dienone is 1. The lowest BCUT2D eigenvalue weighted by atomic mass is 10.1. The summed E-state index contributed by atoms with van der Waals surface area (Å²) in [5.74, 6) is -0.0158. The molecule has 3 heteroatoms. The van der Waals surface area contributed by atoms with Gasteiger partial charge in [-0.1, -0.05) is 6.58 Å². The summed E-state index contributed by atoms with van der Waals surface area (Å²) in [6, 6.07) is 3.26. The first-order valence-electron chi connectivity index (χ1n) is 4.02. The van der Waals surface area contributed by atoms with Crippen LogP contribution in [0.5, 0.6) is 0 Å². The van der Waals surface area contributed by atoms with Crippen LogP contribution in [0.4, 0.5) is 0 Å². The van der Waals surface area contributed by atoms with Crippen LogP contribution in [0.25, 0.3) is 0 Å². The van der Waals surface area contributed by atoms with E-state index in [0.717, 1.165) is 0 Å². The third-order valence-corrected chi connectivity index (χ3v) is 1.51. The van der Waals surface area contributed by atoms with E-state index >= 15 is 0 Å². The molecule has 1 aromatic rings. The lowest BCUT2D eigenvalue weighted by Crippen LogP contribution is -2.05. The van der Waals surface area contributed by atoms with E-state index in [2.05, 4.69) is 11.6 Å². The van der Waals surface area contributed by atoms with E-state index in [-0.39, 0.29) is 11.5 Å². The molecule has 0 saturated heterocycles. The number of nitrogens with zero attached hydrogens (tertiary/aromatic N) is 1. The molecule has 13 heavy (non-hydrogen) atoms. The summed E-state index contributed by atoms with van der Waals surface area (Å²) in [6.45, 7) is 5.79. The van der Waals surface area contributed by atoms with Gasteiger partial charge in [0.15, 0.2) is 5.76 Å². The third-order valence-electron chi connectivity index (χ3n) is 1.51. The minimum atomic E-state index is -0.191. The average molecular weight is 177 g/mol. The van der Waals surface area contributed by atoms with Crippen molar-refractivity contribution >= 4 is 5.78 Å². The molecule has 0 bridgehead atoms. The van der Waals surface area contributed by atoms with Gasteiger partial charge < -0.3 is 4.74 Å². The summed E-state index contributed by atoms with van der Waals surface area (Å²) in [5, 5.41) is 0. The number of pyridine rings is 1. The molecule has 0 amide bonds. The van der Waals surface area contributed by atoms with Crippen molar-refractivity contribution in [3.05, 3.63) is 42.4 Å². The number of Topliss-reactive ketones (excluding diaryl/α,β-unsaturated/α-hetero) is 1. The van der Waals surface area contributed by atoms with Crippen LogP contribution in [0, 0.1) is 0 Å². The number of ketones is 1. The molecule has 0 N–H and O–H groups in total. The maximum Gasteiger partial charge on any atom is 0.227 e. The molecular formula is C10H11NO2. The van der Waals surface area contributed by atoms with Crippen molar-refractivity contribution in [2.75, 3.05) is 6.61 Å². The van der Waals surface area contributed by atoms with Crippen molar-refractivity contribution in [1.82, 2.24) is 4.98 Å². The Morgan fingerprint density at radius 1 is 1.54 bits per heavy atom. The van der Waals surface area contributed by atoms with Gasteiger partial charge in [0, 0.05) is 18.0 Å². The van der Waals surface area contributed by atoms with Gasteiger partial charge in [-0.05, 0) is 19.1 Å². The number of hydrogen-bond donors (Lipinski definition) is 0. The van der Waals surface area contributed by atoms with Gasteiger partial charge in [0.05, 0.1) is 6.61 Å². The zero-order valence-electron chi connectivity index (χ0n) is 7.49. The van der Waals surface area contributed by atoms with Crippen LogP contribution >= 0.6 is 0 Å². The quantitative estimate of drug-likeness (QED) is 0.400. The average Bonchev–Trinajstić information content (AvgIpc) is 2.18. The fourth-order valence-electron chi connectivity index (χ4n) is 0.904. The summed E-state index contributed by atoms with van der Waals surface area (Å²) in [4.78, 5) is 15.3. The molecule has 0 aliphatic rings. The van der Waals surface area contributed by atoms with Crippen LogP contribution < -0.4 is 0 Å².